The molecule has 9 aromatic carbocycles. The molecular weight excluding hydrogens is 1670 g/mol. The van der Waals surface area contributed by atoms with Crippen molar-refractivity contribution in [1.82, 2.24) is 61.3 Å². The minimum Gasteiger partial charge on any atom is -0.356 e. The number of quaternary nitrogens is 2. The summed E-state index contributed by atoms with van der Waals surface area (Å²) in [6.45, 7) is 4.97. The summed E-state index contributed by atoms with van der Waals surface area (Å²) in [7, 11) is 0. The Morgan fingerprint density at radius 3 is 0.467 bits per heavy atom. The second-order valence-corrected chi connectivity index (χ2v) is 30.6. The first-order valence-corrected chi connectivity index (χ1v) is 41.1. The summed E-state index contributed by atoms with van der Waals surface area (Å²) in [5.74, 6) is -0.919. The van der Waals surface area contributed by atoms with E-state index in [4.69, 9.17) is 113 Å². The van der Waals surface area contributed by atoms with Gasteiger partial charge in [-0.1, -0.05) is 142 Å². The van der Waals surface area contributed by atoms with Gasteiger partial charge in [0.25, 0.3) is 0 Å². The summed E-state index contributed by atoms with van der Waals surface area (Å²) >= 11 is 36.9. The first-order chi connectivity index (χ1) is 58.6. The SMILES string of the molecule is N=C(NC(=N)N(CC[NH3+])Cc1ccc(CN(CCCCN(Cc2ccc(CN(CCCCN(Cc3ccc(CN(CC[NH3+])C(=N)NC(=N)Nc4ccc(Cl)cc4)cc3)C(=N)NC(=N)Nc3ccc(Cl)cc3)C(=N)NC(=N)Nc3ccc(Cl)cc3)cc2)C(=N)NC(=N)Nc2ccc(Cl)cc2)C(=N)NC(=N)Nc2ccc(Cl)cc2)cc1)Nc1ccc(Cl)cc1. The molecule has 0 unspecified atom stereocenters. The van der Waals surface area contributed by atoms with Gasteiger partial charge in [-0.15, -0.1) is 0 Å². The highest BCUT2D eigenvalue weighted by Gasteiger charge is 2.22. The van der Waals surface area contributed by atoms with Crippen molar-refractivity contribution in [2.45, 2.75) is 65.0 Å². The number of nitrogens with one attached hydrogen (secondary N) is 24. The van der Waals surface area contributed by atoms with Crippen molar-refractivity contribution in [1.29, 1.82) is 64.9 Å². The molecule has 122 heavy (non-hydrogen) atoms. The van der Waals surface area contributed by atoms with Gasteiger partial charge in [-0.05, 0) is 205 Å². The van der Waals surface area contributed by atoms with E-state index >= 15 is 0 Å². The molecule has 0 saturated carbocycles. The standard InChI is InChI=1S/C84H100Cl6N32/c85-61-17-29-67(30-18-61)105-73(93)111-79(99)117(43-1-3-45-119(81(101)113-75(95)107-69-33-21-63(87)22-34-69)51-57-9-13-59(14-10-57)53-121(47-41-91)83(103)115-77(97)109-71-37-25-65(89)26-38-71)49-55-5-7-56(8-6-55)50-118(80(100)112-74(94)106-68-31-19-62(86)20-32-68)44-2-4-46-120(82(102)114-76(96)108-70-35-23-64(88)24-36-70)52-58-11-15-60(16-12-58)54-122(48-42-92)84(104)116-78(98)110-72-39-27-66(90)28-40-72/h5-40H,1-4,41-54,91-92H2,(H4,93,99,105,111)(H4,94,100,106,112)(H4,95,101,107,113)(H4,96,102,108,114)(H4,97,103,109,115)(H4,98,104,110,116)/p+2. The molecule has 0 aromatic heterocycles. The van der Waals surface area contributed by atoms with Crippen molar-refractivity contribution in [2.75, 3.05) is 84.3 Å². The van der Waals surface area contributed by atoms with Crippen molar-refractivity contribution in [3.63, 3.8) is 0 Å². The zero-order valence-corrected chi connectivity index (χ0v) is 71.4. The zero-order chi connectivity index (χ0) is 87.5. The summed E-state index contributed by atoms with van der Waals surface area (Å²) in [5.41, 5.74) is 16.8. The zero-order valence-electron chi connectivity index (χ0n) is 66.9. The fourth-order valence-electron chi connectivity index (χ4n) is 12.2. The quantitative estimate of drug-likeness (QED) is 0.0106. The van der Waals surface area contributed by atoms with Crippen LogP contribution in [0.1, 0.15) is 59.1 Å². The van der Waals surface area contributed by atoms with E-state index in [0.29, 0.717) is 155 Å². The van der Waals surface area contributed by atoms with Crippen LogP contribution in [0, 0.1) is 64.9 Å². The largest absolute Gasteiger partial charge is 0.356 e. The van der Waals surface area contributed by atoms with Crippen LogP contribution in [-0.4, -0.2) is 153 Å². The van der Waals surface area contributed by atoms with Gasteiger partial charge < -0.3 is 72.8 Å². The molecule has 30 N–H and O–H groups in total. The van der Waals surface area contributed by atoms with Crippen LogP contribution in [-0.2, 0) is 39.3 Å². The highest BCUT2D eigenvalue weighted by atomic mass is 35.5. The number of hydrogen-bond donors (Lipinski definition) is 26. The van der Waals surface area contributed by atoms with Crippen LogP contribution in [0.25, 0.3) is 0 Å². The van der Waals surface area contributed by atoms with Gasteiger partial charge in [0.1, 0.15) is 0 Å². The number of unbranched alkanes of at least 4 members (excludes halogenated alkanes) is 2. The molecule has 9 aromatic rings. The third-order valence-corrected chi connectivity index (χ3v) is 19.9. The van der Waals surface area contributed by atoms with Crippen molar-refractivity contribution in [3.8, 4) is 0 Å². The summed E-state index contributed by atoms with van der Waals surface area (Å²) in [4.78, 5) is 10.9. The predicted octanol–water partition coefficient (Wildman–Crippen LogP) is 13.3. The minimum absolute atomic E-state index is 0.0144. The van der Waals surface area contributed by atoms with E-state index in [1.165, 1.54) is 0 Å². The van der Waals surface area contributed by atoms with E-state index in [9.17, 15) is 21.6 Å². The van der Waals surface area contributed by atoms with Crippen LogP contribution >= 0.6 is 69.6 Å². The van der Waals surface area contributed by atoms with Crippen LogP contribution in [0.5, 0.6) is 0 Å². The maximum absolute atomic E-state index is 9.47. The highest BCUT2D eigenvalue weighted by Crippen LogP contribution is 2.22. The van der Waals surface area contributed by atoms with E-state index in [-0.39, 0.29) is 97.7 Å². The second kappa shape index (κ2) is 47.8. The number of rotatable bonds is 32. The minimum atomic E-state index is -0.150. The van der Waals surface area contributed by atoms with E-state index in [2.05, 4.69) is 75.3 Å². The van der Waals surface area contributed by atoms with Crippen LogP contribution in [0.3, 0.4) is 0 Å². The fraction of sp³-hybridized carbons (Fsp3) is 0.214. The average molecular weight is 1770 g/mol. The number of hydrogen-bond acceptors (Lipinski definition) is 12. The lowest BCUT2D eigenvalue weighted by atomic mass is 10.1. The fourth-order valence-corrected chi connectivity index (χ4v) is 13.0. The average Bonchev–Trinajstić information content (AvgIpc) is 0.866. The van der Waals surface area contributed by atoms with Gasteiger partial charge in [-0.3, -0.25) is 96.8 Å². The summed E-state index contributed by atoms with van der Waals surface area (Å²) in [6, 6.07) is 64.7. The molecule has 38 heteroatoms. The van der Waals surface area contributed by atoms with Crippen LogP contribution in [0.15, 0.2) is 218 Å². The van der Waals surface area contributed by atoms with E-state index in [1.807, 2.05) is 92.4 Å². The molecule has 0 aliphatic carbocycles. The molecule has 0 radical (unpaired) electrons. The monoisotopic (exact) mass is 1770 g/mol. The topological polar surface area (TPSA) is 505 Å². The van der Waals surface area contributed by atoms with Gasteiger partial charge in [-0.2, -0.15) is 0 Å². The van der Waals surface area contributed by atoms with Gasteiger partial charge in [-0.25, -0.2) is 0 Å². The number of guanidine groups is 12. The molecule has 0 atom stereocenters. The first-order valence-electron chi connectivity index (χ1n) is 38.8. The molecule has 0 fully saturated rings. The lowest BCUT2D eigenvalue weighted by Gasteiger charge is -2.29. The van der Waals surface area contributed by atoms with E-state index < -0.39 is 0 Å². The Hall–Kier alpha value is -12.9. The Morgan fingerprint density at radius 1 is 0.205 bits per heavy atom. The van der Waals surface area contributed by atoms with Crippen molar-refractivity contribution in [2.24, 2.45) is 0 Å². The lowest BCUT2D eigenvalue weighted by molar-refractivity contribution is -0.368. The molecule has 0 amide bonds. The third kappa shape index (κ3) is 32.3. The van der Waals surface area contributed by atoms with Gasteiger partial charge >= 0.3 is 0 Å². The summed E-state index contributed by atoms with van der Waals surface area (Å²) in [5, 5.41) is 146. The lowest BCUT2D eigenvalue weighted by Crippen LogP contribution is -2.57. The highest BCUT2D eigenvalue weighted by molar-refractivity contribution is 6.32. The summed E-state index contributed by atoms with van der Waals surface area (Å²) < 4.78 is 0. The Bertz CT molecular complexity index is 4710. The third-order valence-electron chi connectivity index (χ3n) is 18.4. The van der Waals surface area contributed by atoms with Crippen LogP contribution < -0.4 is 75.3 Å². The van der Waals surface area contributed by atoms with Crippen molar-refractivity contribution < 1.29 is 11.5 Å². The Balaban J connectivity index is 0.887. The Kier molecular flexibility index (Phi) is 36.4. The Labute approximate surface area is 739 Å². The molecule has 0 heterocycles. The number of nitrogens with zero attached hydrogens (tertiary/aromatic N) is 6. The van der Waals surface area contributed by atoms with Gasteiger partial charge in [0, 0.05) is 130 Å². The molecule has 638 valence electrons. The van der Waals surface area contributed by atoms with Crippen molar-refractivity contribution >= 4 is 175 Å². The molecule has 32 nitrogen and oxygen atoms in total. The molecule has 9 rings (SSSR count). The predicted molar refractivity (Wildman–Crippen MR) is 498 cm³/mol. The van der Waals surface area contributed by atoms with Gasteiger partial charge in [0.2, 0.25) is 0 Å². The summed E-state index contributed by atoms with van der Waals surface area (Å²) in [6.07, 6.45) is 2.07. The maximum atomic E-state index is 9.47. The first kappa shape index (κ1) is 93.0. The van der Waals surface area contributed by atoms with Crippen LogP contribution in [0.2, 0.25) is 30.1 Å². The second-order valence-electron chi connectivity index (χ2n) is 28.0. The number of anilines is 6. The van der Waals surface area contributed by atoms with E-state index in [0.717, 1.165) is 33.4 Å². The molecule has 0 aliphatic heterocycles. The molecule has 0 spiro atoms. The molecule has 0 bridgehead atoms. The van der Waals surface area contributed by atoms with Gasteiger partial charge in [0.15, 0.2) is 71.5 Å². The number of benzene rings is 9. The molecule has 0 saturated heterocycles. The normalized spacial score (nSPS) is 10.6. The smallest absolute Gasteiger partial charge is 0.199 e. The van der Waals surface area contributed by atoms with Crippen molar-refractivity contribution in [3.05, 3.63) is 282 Å². The molecule has 0 aliphatic rings. The molecular formula is C84H102Cl6N32+2. The van der Waals surface area contributed by atoms with Crippen LogP contribution in [0.4, 0.5) is 34.1 Å². The maximum Gasteiger partial charge on any atom is 0.199 e. The number of halogens is 6. The van der Waals surface area contributed by atoms with E-state index in [1.54, 1.807) is 155 Å². The van der Waals surface area contributed by atoms with Gasteiger partial charge in [0.05, 0.1) is 26.2 Å². The Morgan fingerprint density at radius 2 is 0.336 bits per heavy atom.